The predicted molar refractivity (Wildman–Crippen MR) is 74.9 cm³/mol. The maximum Gasteiger partial charge on any atom is 0.258 e. The van der Waals surface area contributed by atoms with Crippen LogP contribution in [-0.4, -0.2) is 30.8 Å². The normalized spacial score (nSPS) is 11.1. The molecule has 19 heavy (non-hydrogen) atoms. The SMILES string of the molecule is CSc1nc(N)n2nc(-c3cccc(C)c3)nc2n1. The zero-order valence-electron chi connectivity index (χ0n) is 10.5. The zero-order valence-corrected chi connectivity index (χ0v) is 11.3. The molecule has 3 aromatic rings. The first-order valence-electron chi connectivity index (χ1n) is 5.68. The Balaban J connectivity index is 2.19. The van der Waals surface area contributed by atoms with Crippen LogP contribution >= 0.6 is 11.8 Å². The molecule has 0 saturated heterocycles. The predicted octanol–water partition coefficient (Wildman–Crippen LogP) is 1.80. The average molecular weight is 272 g/mol. The van der Waals surface area contributed by atoms with Crippen LogP contribution in [0, 0.1) is 6.92 Å². The third-order valence-corrected chi connectivity index (χ3v) is 3.22. The Morgan fingerprint density at radius 3 is 2.79 bits per heavy atom. The second kappa shape index (κ2) is 4.51. The number of aromatic nitrogens is 5. The number of thioether (sulfide) groups is 1. The van der Waals surface area contributed by atoms with Crippen LogP contribution in [0.4, 0.5) is 5.95 Å². The Bertz CT molecular complexity index is 751. The van der Waals surface area contributed by atoms with E-state index in [-0.39, 0.29) is 0 Å². The van der Waals surface area contributed by atoms with Gasteiger partial charge in [0.2, 0.25) is 5.95 Å². The summed E-state index contributed by atoms with van der Waals surface area (Å²) in [6, 6.07) is 7.98. The fraction of sp³-hybridized carbons (Fsp3) is 0.167. The van der Waals surface area contributed by atoms with Crippen molar-refractivity contribution in [1.82, 2.24) is 24.6 Å². The standard InChI is InChI=1S/C12H12N6S/c1-7-4-3-5-8(6-7)9-14-11-16-12(19-2)15-10(13)18(11)17-9/h3-6H,1-2H3,(H2,13,14,15,16,17). The maximum atomic E-state index is 5.85. The summed E-state index contributed by atoms with van der Waals surface area (Å²) >= 11 is 1.42. The molecule has 0 bridgehead atoms. The van der Waals surface area contributed by atoms with E-state index in [0.29, 0.717) is 22.7 Å². The van der Waals surface area contributed by atoms with Crippen LogP contribution in [0.1, 0.15) is 5.56 Å². The lowest BCUT2D eigenvalue weighted by atomic mass is 10.1. The number of aryl methyl sites for hydroxylation is 1. The molecule has 0 fully saturated rings. The molecule has 0 aliphatic carbocycles. The van der Waals surface area contributed by atoms with Crippen molar-refractivity contribution in [3.63, 3.8) is 0 Å². The molecule has 6 nitrogen and oxygen atoms in total. The lowest BCUT2D eigenvalue weighted by Crippen LogP contribution is -2.04. The lowest BCUT2D eigenvalue weighted by Gasteiger charge is -1.97. The lowest BCUT2D eigenvalue weighted by molar-refractivity contribution is 0.851. The average Bonchev–Trinajstić information content (AvgIpc) is 2.83. The Kier molecular flexibility index (Phi) is 2.83. The topological polar surface area (TPSA) is 82.0 Å². The van der Waals surface area contributed by atoms with E-state index in [9.17, 15) is 0 Å². The third kappa shape index (κ3) is 2.12. The molecule has 7 heteroatoms. The van der Waals surface area contributed by atoms with E-state index in [4.69, 9.17) is 5.73 Å². The molecule has 0 atom stereocenters. The summed E-state index contributed by atoms with van der Waals surface area (Å²) in [5.74, 6) is 1.36. The van der Waals surface area contributed by atoms with Gasteiger partial charge in [-0.3, -0.25) is 0 Å². The Morgan fingerprint density at radius 1 is 1.21 bits per heavy atom. The van der Waals surface area contributed by atoms with Crippen molar-refractivity contribution < 1.29 is 0 Å². The summed E-state index contributed by atoms with van der Waals surface area (Å²) < 4.78 is 1.46. The number of fused-ring (bicyclic) bond motifs is 1. The molecule has 0 radical (unpaired) electrons. The third-order valence-electron chi connectivity index (χ3n) is 2.67. The van der Waals surface area contributed by atoms with Gasteiger partial charge in [-0.15, -0.1) is 5.10 Å². The Labute approximate surface area is 114 Å². The van der Waals surface area contributed by atoms with Gasteiger partial charge in [0.15, 0.2) is 11.0 Å². The van der Waals surface area contributed by atoms with Crippen LogP contribution in [0.3, 0.4) is 0 Å². The van der Waals surface area contributed by atoms with Crippen LogP contribution in [0.2, 0.25) is 0 Å². The molecule has 0 saturated carbocycles. The van der Waals surface area contributed by atoms with Gasteiger partial charge in [0.25, 0.3) is 5.78 Å². The molecule has 3 rings (SSSR count). The minimum Gasteiger partial charge on any atom is -0.368 e. The second-order valence-electron chi connectivity index (χ2n) is 4.09. The van der Waals surface area contributed by atoms with Crippen LogP contribution in [-0.2, 0) is 0 Å². The van der Waals surface area contributed by atoms with E-state index in [1.165, 1.54) is 16.3 Å². The molecule has 96 valence electrons. The molecule has 2 heterocycles. The fourth-order valence-electron chi connectivity index (χ4n) is 1.78. The number of nitrogens with zero attached hydrogens (tertiary/aromatic N) is 5. The summed E-state index contributed by atoms with van der Waals surface area (Å²) in [7, 11) is 0. The van der Waals surface area contributed by atoms with Crippen LogP contribution in [0.25, 0.3) is 17.2 Å². The van der Waals surface area contributed by atoms with Gasteiger partial charge in [0, 0.05) is 5.56 Å². The van der Waals surface area contributed by atoms with Crippen LogP contribution in [0.5, 0.6) is 0 Å². The van der Waals surface area contributed by atoms with Crippen molar-refractivity contribution in [3.8, 4) is 11.4 Å². The van der Waals surface area contributed by atoms with Gasteiger partial charge in [0.05, 0.1) is 0 Å². The van der Waals surface area contributed by atoms with Crippen molar-refractivity contribution in [1.29, 1.82) is 0 Å². The highest BCUT2D eigenvalue weighted by Crippen LogP contribution is 2.19. The number of benzene rings is 1. The van der Waals surface area contributed by atoms with Crippen LogP contribution < -0.4 is 5.73 Å². The second-order valence-corrected chi connectivity index (χ2v) is 4.86. The largest absolute Gasteiger partial charge is 0.368 e. The first-order valence-corrected chi connectivity index (χ1v) is 6.91. The monoisotopic (exact) mass is 272 g/mol. The number of hydrogen-bond acceptors (Lipinski definition) is 6. The molecular formula is C12H12N6S. The van der Waals surface area contributed by atoms with E-state index >= 15 is 0 Å². The Morgan fingerprint density at radius 2 is 2.05 bits per heavy atom. The Hall–Kier alpha value is -2.15. The molecular weight excluding hydrogens is 260 g/mol. The van der Waals surface area contributed by atoms with Gasteiger partial charge in [-0.25, -0.2) is 0 Å². The molecule has 2 aromatic heterocycles. The molecule has 0 unspecified atom stereocenters. The maximum absolute atomic E-state index is 5.85. The smallest absolute Gasteiger partial charge is 0.258 e. The van der Waals surface area contributed by atoms with E-state index in [2.05, 4.69) is 20.1 Å². The molecule has 0 amide bonds. The highest BCUT2D eigenvalue weighted by Gasteiger charge is 2.11. The molecule has 2 N–H and O–H groups in total. The van der Waals surface area contributed by atoms with Gasteiger partial charge in [0.1, 0.15) is 0 Å². The highest BCUT2D eigenvalue weighted by atomic mass is 32.2. The molecule has 1 aromatic carbocycles. The van der Waals surface area contributed by atoms with E-state index in [1.807, 2.05) is 37.4 Å². The number of rotatable bonds is 2. The van der Waals surface area contributed by atoms with Gasteiger partial charge in [-0.1, -0.05) is 35.5 Å². The molecule has 0 spiro atoms. The van der Waals surface area contributed by atoms with Crippen molar-refractivity contribution >= 4 is 23.5 Å². The van der Waals surface area contributed by atoms with Gasteiger partial charge < -0.3 is 5.73 Å². The van der Waals surface area contributed by atoms with Gasteiger partial charge in [-0.05, 0) is 19.2 Å². The summed E-state index contributed by atoms with van der Waals surface area (Å²) in [6.07, 6.45) is 1.89. The minimum absolute atomic E-state index is 0.292. The van der Waals surface area contributed by atoms with Gasteiger partial charge >= 0.3 is 0 Å². The number of hydrogen-bond donors (Lipinski definition) is 1. The number of nitrogens with two attached hydrogens (primary N) is 1. The molecule has 0 aliphatic heterocycles. The van der Waals surface area contributed by atoms with E-state index in [1.54, 1.807) is 0 Å². The van der Waals surface area contributed by atoms with Crippen molar-refractivity contribution in [2.75, 3.05) is 12.0 Å². The summed E-state index contributed by atoms with van der Waals surface area (Å²) in [5, 5.41) is 4.94. The fourth-order valence-corrected chi connectivity index (χ4v) is 2.14. The van der Waals surface area contributed by atoms with Crippen molar-refractivity contribution in [2.24, 2.45) is 0 Å². The number of nitrogen functional groups attached to an aromatic ring is 1. The van der Waals surface area contributed by atoms with Crippen molar-refractivity contribution in [3.05, 3.63) is 29.8 Å². The van der Waals surface area contributed by atoms with Gasteiger partial charge in [-0.2, -0.15) is 19.5 Å². The highest BCUT2D eigenvalue weighted by molar-refractivity contribution is 7.98. The molecule has 0 aliphatic rings. The summed E-state index contributed by atoms with van der Waals surface area (Å²) in [4.78, 5) is 12.8. The first kappa shape index (κ1) is 11.9. The number of anilines is 1. The zero-order chi connectivity index (χ0) is 13.4. The quantitative estimate of drug-likeness (QED) is 0.716. The summed E-state index contributed by atoms with van der Waals surface area (Å²) in [5.41, 5.74) is 7.94. The first-order chi connectivity index (χ1) is 9.17. The van der Waals surface area contributed by atoms with E-state index < -0.39 is 0 Å². The van der Waals surface area contributed by atoms with Crippen LogP contribution in [0.15, 0.2) is 29.4 Å². The minimum atomic E-state index is 0.292. The summed E-state index contributed by atoms with van der Waals surface area (Å²) in [6.45, 7) is 2.03. The van der Waals surface area contributed by atoms with Crippen molar-refractivity contribution in [2.45, 2.75) is 12.1 Å². The van der Waals surface area contributed by atoms with E-state index in [0.717, 1.165) is 11.1 Å².